The molecule has 3 nitrogen and oxygen atoms in total. The second-order valence-corrected chi connectivity index (χ2v) is 2.33. The van der Waals surface area contributed by atoms with Gasteiger partial charge in [0.05, 0.1) is 6.42 Å². The van der Waals surface area contributed by atoms with Crippen LogP contribution in [0.5, 0.6) is 0 Å². The van der Waals surface area contributed by atoms with Crippen LogP contribution in [-0.4, -0.2) is 15.3 Å². The van der Waals surface area contributed by atoms with Gasteiger partial charge in [-0.3, -0.25) is 4.79 Å². The maximum atomic E-state index is 10.6. The summed E-state index contributed by atoms with van der Waals surface area (Å²) in [6.45, 7) is 1.56. The third kappa shape index (κ3) is 1.43. The molecule has 0 spiro atoms. The Balaban J connectivity index is 2.74. The number of carbonyl (C=O) groups excluding carboxylic acids is 1. The van der Waals surface area contributed by atoms with E-state index in [2.05, 4.69) is 4.98 Å². The molecule has 0 N–H and O–H groups in total. The number of carbonyl (C=O) groups is 1. The van der Waals surface area contributed by atoms with Gasteiger partial charge in [-0.25, -0.2) is 4.98 Å². The van der Waals surface area contributed by atoms with Gasteiger partial charge in [-0.1, -0.05) is 0 Å². The minimum Gasteiger partial charge on any atom is -0.338 e. The van der Waals surface area contributed by atoms with Crippen LogP contribution in [0.25, 0.3) is 0 Å². The highest BCUT2D eigenvalue weighted by atomic mass is 16.1. The molecule has 1 aromatic rings. The molecule has 0 amide bonds. The van der Waals surface area contributed by atoms with E-state index in [1.165, 1.54) is 0 Å². The third-order valence-electron chi connectivity index (χ3n) is 1.33. The molecular formula is C7H10N2O. The van der Waals surface area contributed by atoms with Gasteiger partial charge in [0.2, 0.25) is 0 Å². The van der Waals surface area contributed by atoms with Gasteiger partial charge in [0, 0.05) is 19.4 Å². The first kappa shape index (κ1) is 6.99. The van der Waals surface area contributed by atoms with Gasteiger partial charge in [-0.2, -0.15) is 0 Å². The van der Waals surface area contributed by atoms with Crippen molar-refractivity contribution in [2.45, 2.75) is 13.3 Å². The van der Waals surface area contributed by atoms with Crippen LogP contribution in [0.2, 0.25) is 0 Å². The summed E-state index contributed by atoms with van der Waals surface area (Å²) in [6.07, 6.45) is 3.96. The van der Waals surface area contributed by atoms with Gasteiger partial charge in [0.1, 0.15) is 11.6 Å². The van der Waals surface area contributed by atoms with Gasteiger partial charge in [0.25, 0.3) is 0 Å². The van der Waals surface area contributed by atoms with Gasteiger partial charge in [0.15, 0.2) is 0 Å². The average molecular weight is 138 g/mol. The van der Waals surface area contributed by atoms with Crippen molar-refractivity contribution in [2.75, 3.05) is 0 Å². The molecule has 0 fully saturated rings. The fraction of sp³-hybridized carbons (Fsp3) is 0.429. The largest absolute Gasteiger partial charge is 0.338 e. The van der Waals surface area contributed by atoms with Crippen molar-refractivity contribution >= 4 is 5.78 Å². The molecule has 1 heterocycles. The second kappa shape index (κ2) is 2.64. The number of nitrogens with zero attached hydrogens (tertiary/aromatic N) is 2. The smallest absolute Gasteiger partial charge is 0.137 e. The molecule has 0 atom stereocenters. The van der Waals surface area contributed by atoms with Crippen molar-refractivity contribution in [2.24, 2.45) is 7.05 Å². The third-order valence-corrected chi connectivity index (χ3v) is 1.33. The van der Waals surface area contributed by atoms with Crippen molar-refractivity contribution in [3.63, 3.8) is 0 Å². The maximum Gasteiger partial charge on any atom is 0.137 e. The van der Waals surface area contributed by atoms with E-state index in [1.54, 1.807) is 13.1 Å². The Morgan fingerprint density at radius 1 is 1.80 bits per heavy atom. The molecule has 1 rings (SSSR count). The van der Waals surface area contributed by atoms with Crippen LogP contribution in [-0.2, 0) is 18.3 Å². The Bertz CT molecular complexity index is 240. The lowest BCUT2D eigenvalue weighted by Crippen LogP contribution is -2.03. The molecule has 0 bridgehead atoms. The highest BCUT2D eigenvalue weighted by molar-refractivity contribution is 5.77. The number of rotatable bonds is 2. The van der Waals surface area contributed by atoms with Gasteiger partial charge >= 0.3 is 0 Å². The SMILES string of the molecule is CC(=O)Cc1nccn1C. The van der Waals surface area contributed by atoms with Crippen LogP contribution in [0, 0.1) is 0 Å². The molecule has 10 heavy (non-hydrogen) atoms. The van der Waals surface area contributed by atoms with E-state index < -0.39 is 0 Å². The summed E-state index contributed by atoms with van der Waals surface area (Å²) in [5, 5.41) is 0. The van der Waals surface area contributed by atoms with Gasteiger partial charge in [-0.15, -0.1) is 0 Å². The molecule has 0 unspecified atom stereocenters. The Labute approximate surface area is 59.7 Å². The summed E-state index contributed by atoms with van der Waals surface area (Å²) in [4.78, 5) is 14.6. The van der Waals surface area contributed by atoms with Gasteiger partial charge in [-0.05, 0) is 6.92 Å². The molecule has 0 aliphatic heterocycles. The zero-order valence-electron chi connectivity index (χ0n) is 6.16. The standard InChI is InChI=1S/C7H10N2O/c1-6(10)5-7-8-3-4-9(7)2/h3-4H,5H2,1-2H3. The van der Waals surface area contributed by atoms with Crippen LogP contribution in [0.4, 0.5) is 0 Å². The van der Waals surface area contributed by atoms with E-state index in [4.69, 9.17) is 0 Å². The fourth-order valence-corrected chi connectivity index (χ4v) is 0.789. The monoisotopic (exact) mass is 138 g/mol. The molecule has 1 aromatic heterocycles. The molecular weight excluding hydrogens is 128 g/mol. The summed E-state index contributed by atoms with van der Waals surface area (Å²) in [6, 6.07) is 0. The topological polar surface area (TPSA) is 34.9 Å². The quantitative estimate of drug-likeness (QED) is 0.598. The highest BCUT2D eigenvalue weighted by Gasteiger charge is 2.00. The van der Waals surface area contributed by atoms with E-state index >= 15 is 0 Å². The van der Waals surface area contributed by atoms with Crippen molar-refractivity contribution in [3.8, 4) is 0 Å². The number of imidazole rings is 1. The van der Waals surface area contributed by atoms with Crippen molar-refractivity contribution < 1.29 is 4.79 Å². The lowest BCUT2D eigenvalue weighted by atomic mass is 10.3. The summed E-state index contributed by atoms with van der Waals surface area (Å²) >= 11 is 0. The molecule has 3 heteroatoms. The molecule has 54 valence electrons. The van der Waals surface area contributed by atoms with E-state index in [1.807, 2.05) is 17.8 Å². The molecule has 0 saturated heterocycles. The number of Topliss-reactive ketones (excluding diaryl/α,β-unsaturated/α-hetero) is 1. The zero-order valence-corrected chi connectivity index (χ0v) is 6.16. The predicted octanol–water partition coefficient (Wildman–Crippen LogP) is 0.552. The van der Waals surface area contributed by atoms with E-state index in [0.29, 0.717) is 6.42 Å². The van der Waals surface area contributed by atoms with Crippen LogP contribution >= 0.6 is 0 Å². The number of aromatic nitrogens is 2. The molecule has 0 aromatic carbocycles. The fourth-order valence-electron chi connectivity index (χ4n) is 0.789. The Morgan fingerprint density at radius 2 is 2.50 bits per heavy atom. The molecule has 0 aliphatic rings. The van der Waals surface area contributed by atoms with Gasteiger partial charge < -0.3 is 4.57 Å². The van der Waals surface area contributed by atoms with Crippen LogP contribution < -0.4 is 0 Å². The first-order chi connectivity index (χ1) is 4.70. The van der Waals surface area contributed by atoms with Crippen LogP contribution in [0.1, 0.15) is 12.7 Å². The Kier molecular flexibility index (Phi) is 1.85. The Morgan fingerprint density at radius 3 is 2.90 bits per heavy atom. The lowest BCUT2D eigenvalue weighted by Gasteiger charge is -1.95. The van der Waals surface area contributed by atoms with Crippen LogP contribution in [0.3, 0.4) is 0 Å². The molecule has 0 aliphatic carbocycles. The number of hydrogen-bond acceptors (Lipinski definition) is 2. The first-order valence-corrected chi connectivity index (χ1v) is 3.16. The average Bonchev–Trinajstić information content (AvgIpc) is 2.15. The van der Waals surface area contributed by atoms with Crippen LogP contribution in [0.15, 0.2) is 12.4 Å². The number of aryl methyl sites for hydroxylation is 1. The highest BCUT2D eigenvalue weighted by Crippen LogP contribution is 1.94. The van der Waals surface area contributed by atoms with E-state index in [9.17, 15) is 4.79 Å². The second-order valence-electron chi connectivity index (χ2n) is 2.33. The summed E-state index contributed by atoms with van der Waals surface area (Å²) in [5.41, 5.74) is 0. The summed E-state index contributed by atoms with van der Waals surface area (Å²) in [5.74, 6) is 0.974. The molecule has 0 radical (unpaired) electrons. The molecule has 0 saturated carbocycles. The van der Waals surface area contributed by atoms with E-state index in [0.717, 1.165) is 5.82 Å². The van der Waals surface area contributed by atoms with E-state index in [-0.39, 0.29) is 5.78 Å². The minimum absolute atomic E-state index is 0.148. The normalized spacial score (nSPS) is 9.80. The van der Waals surface area contributed by atoms with Crippen molar-refractivity contribution in [1.29, 1.82) is 0 Å². The Hall–Kier alpha value is -1.12. The number of ketones is 1. The summed E-state index contributed by atoms with van der Waals surface area (Å²) < 4.78 is 1.85. The van der Waals surface area contributed by atoms with Crippen molar-refractivity contribution in [3.05, 3.63) is 18.2 Å². The first-order valence-electron chi connectivity index (χ1n) is 3.16. The summed E-state index contributed by atoms with van der Waals surface area (Å²) in [7, 11) is 1.88. The minimum atomic E-state index is 0.148. The van der Waals surface area contributed by atoms with Crippen molar-refractivity contribution in [1.82, 2.24) is 9.55 Å². The zero-order chi connectivity index (χ0) is 7.56. The predicted molar refractivity (Wildman–Crippen MR) is 37.6 cm³/mol. The maximum absolute atomic E-state index is 10.6. The lowest BCUT2D eigenvalue weighted by molar-refractivity contribution is -0.116. The number of hydrogen-bond donors (Lipinski definition) is 0.